The number of carbonyl (C=O) groups is 2. The van der Waals surface area contributed by atoms with Gasteiger partial charge in [-0.05, 0) is 42.4 Å². The SMILES string of the molecule is CCCNC(=O)[C@H](CCSC)NC(=O)[C@@H]1Cc2ccccc2CN1. The quantitative estimate of drug-likeness (QED) is 0.665. The molecule has 6 heteroatoms. The molecule has 1 aliphatic rings. The largest absolute Gasteiger partial charge is 0.354 e. The summed E-state index contributed by atoms with van der Waals surface area (Å²) in [5.41, 5.74) is 2.44. The molecule has 0 bridgehead atoms. The van der Waals surface area contributed by atoms with Gasteiger partial charge in [-0.2, -0.15) is 11.8 Å². The number of amides is 2. The first-order valence-electron chi connectivity index (χ1n) is 8.53. The summed E-state index contributed by atoms with van der Waals surface area (Å²) in [4.78, 5) is 24.9. The third kappa shape index (κ3) is 5.24. The third-order valence-corrected chi connectivity index (χ3v) is 4.83. The van der Waals surface area contributed by atoms with Gasteiger partial charge in [-0.25, -0.2) is 0 Å². The van der Waals surface area contributed by atoms with Crippen LogP contribution in [-0.2, 0) is 22.6 Å². The van der Waals surface area contributed by atoms with Crippen molar-refractivity contribution in [2.75, 3.05) is 18.6 Å². The Balaban J connectivity index is 1.95. The van der Waals surface area contributed by atoms with Gasteiger partial charge in [0.05, 0.1) is 6.04 Å². The molecular weight excluding hydrogens is 322 g/mol. The lowest BCUT2D eigenvalue weighted by molar-refractivity contribution is -0.130. The molecule has 24 heavy (non-hydrogen) atoms. The molecule has 0 saturated heterocycles. The first kappa shape index (κ1) is 18.8. The fourth-order valence-corrected chi connectivity index (χ4v) is 3.26. The maximum absolute atomic E-state index is 12.6. The molecule has 1 aromatic rings. The zero-order valence-electron chi connectivity index (χ0n) is 14.4. The summed E-state index contributed by atoms with van der Waals surface area (Å²) in [6, 6.07) is 7.41. The van der Waals surface area contributed by atoms with E-state index in [4.69, 9.17) is 0 Å². The van der Waals surface area contributed by atoms with Crippen LogP contribution < -0.4 is 16.0 Å². The molecule has 0 spiro atoms. The number of nitrogens with one attached hydrogen (secondary N) is 3. The van der Waals surface area contributed by atoms with Crippen molar-refractivity contribution in [1.82, 2.24) is 16.0 Å². The molecule has 1 heterocycles. The van der Waals surface area contributed by atoms with E-state index < -0.39 is 6.04 Å². The summed E-state index contributed by atoms with van der Waals surface area (Å²) in [5, 5.41) is 9.09. The van der Waals surface area contributed by atoms with Gasteiger partial charge in [-0.1, -0.05) is 31.2 Å². The molecule has 0 aliphatic carbocycles. The van der Waals surface area contributed by atoms with E-state index in [0.717, 1.165) is 12.2 Å². The van der Waals surface area contributed by atoms with Crippen LogP contribution in [0.25, 0.3) is 0 Å². The van der Waals surface area contributed by atoms with Crippen molar-refractivity contribution in [3.05, 3.63) is 35.4 Å². The van der Waals surface area contributed by atoms with Crippen LogP contribution in [0.4, 0.5) is 0 Å². The van der Waals surface area contributed by atoms with Gasteiger partial charge in [0, 0.05) is 13.1 Å². The van der Waals surface area contributed by atoms with Crippen LogP contribution in [-0.4, -0.2) is 42.5 Å². The first-order valence-corrected chi connectivity index (χ1v) is 9.92. The Morgan fingerprint density at radius 2 is 2.08 bits per heavy atom. The van der Waals surface area contributed by atoms with Crippen molar-refractivity contribution in [3.8, 4) is 0 Å². The van der Waals surface area contributed by atoms with Gasteiger partial charge in [0.15, 0.2) is 0 Å². The smallest absolute Gasteiger partial charge is 0.242 e. The highest BCUT2D eigenvalue weighted by Crippen LogP contribution is 2.16. The van der Waals surface area contributed by atoms with Gasteiger partial charge >= 0.3 is 0 Å². The number of thioether (sulfide) groups is 1. The molecule has 0 radical (unpaired) electrons. The summed E-state index contributed by atoms with van der Waals surface area (Å²) in [6.07, 6.45) is 4.19. The normalized spacial score (nSPS) is 17.7. The molecular formula is C18H27N3O2S. The highest BCUT2D eigenvalue weighted by atomic mass is 32.2. The lowest BCUT2D eigenvalue weighted by Gasteiger charge is -2.27. The van der Waals surface area contributed by atoms with Crippen molar-refractivity contribution in [1.29, 1.82) is 0 Å². The fraction of sp³-hybridized carbons (Fsp3) is 0.556. The predicted molar refractivity (Wildman–Crippen MR) is 99.0 cm³/mol. The van der Waals surface area contributed by atoms with Gasteiger partial charge in [0.2, 0.25) is 11.8 Å². The number of benzene rings is 1. The molecule has 1 aromatic carbocycles. The second kappa shape index (κ2) is 9.69. The number of rotatable bonds is 8. The van der Waals surface area contributed by atoms with Crippen molar-refractivity contribution >= 4 is 23.6 Å². The van der Waals surface area contributed by atoms with E-state index in [-0.39, 0.29) is 17.9 Å². The maximum Gasteiger partial charge on any atom is 0.242 e. The Kier molecular flexibility index (Phi) is 7.59. The van der Waals surface area contributed by atoms with Crippen LogP contribution in [0.3, 0.4) is 0 Å². The summed E-state index contributed by atoms with van der Waals surface area (Å²) >= 11 is 1.68. The van der Waals surface area contributed by atoms with E-state index in [1.54, 1.807) is 11.8 Å². The summed E-state index contributed by atoms with van der Waals surface area (Å²) in [5.74, 6) is 0.656. The van der Waals surface area contributed by atoms with E-state index in [9.17, 15) is 9.59 Å². The highest BCUT2D eigenvalue weighted by molar-refractivity contribution is 7.98. The predicted octanol–water partition coefficient (Wildman–Crippen LogP) is 1.47. The summed E-state index contributed by atoms with van der Waals surface area (Å²) < 4.78 is 0. The second-order valence-corrected chi connectivity index (χ2v) is 7.03. The van der Waals surface area contributed by atoms with Gasteiger partial charge in [0.1, 0.15) is 6.04 Å². The van der Waals surface area contributed by atoms with Crippen LogP contribution in [0.5, 0.6) is 0 Å². The van der Waals surface area contributed by atoms with E-state index in [1.165, 1.54) is 11.1 Å². The molecule has 0 fully saturated rings. The Morgan fingerprint density at radius 1 is 1.33 bits per heavy atom. The lowest BCUT2D eigenvalue weighted by Crippen LogP contribution is -2.54. The molecule has 2 atom stereocenters. The molecule has 0 saturated carbocycles. The van der Waals surface area contributed by atoms with Crippen molar-refractivity contribution in [3.63, 3.8) is 0 Å². The molecule has 2 rings (SSSR count). The summed E-state index contributed by atoms with van der Waals surface area (Å²) in [6.45, 7) is 3.34. The maximum atomic E-state index is 12.6. The van der Waals surface area contributed by atoms with E-state index in [0.29, 0.717) is 25.9 Å². The van der Waals surface area contributed by atoms with Crippen LogP contribution in [0.15, 0.2) is 24.3 Å². The van der Waals surface area contributed by atoms with Gasteiger partial charge < -0.3 is 16.0 Å². The van der Waals surface area contributed by atoms with Crippen LogP contribution >= 0.6 is 11.8 Å². The van der Waals surface area contributed by atoms with Crippen LogP contribution in [0, 0.1) is 0 Å². The number of hydrogen-bond donors (Lipinski definition) is 3. The Labute approximate surface area is 148 Å². The average molecular weight is 350 g/mol. The van der Waals surface area contributed by atoms with E-state index in [2.05, 4.69) is 28.1 Å². The third-order valence-electron chi connectivity index (χ3n) is 4.19. The Hall–Kier alpha value is -1.53. The zero-order valence-corrected chi connectivity index (χ0v) is 15.2. The highest BCUT2D eigenvalue weighted by Gasteiger charge is 2.27. The average Bonchev–Trinajstić information content (AvgIpc) is 2.62. The molecule has 1 aliphatic heterocycles. The van der Waals surface area contributed by atoms with Gasteiger partial charge in [-0.15, -0.1) is 0 Å². The standard InChI is InChI=1S/C18H27N3O2S/c1-3-9-19-17(22)15(8-10-24-2)21-18(23)16-11-13-6-4-5-7-14(13)12-20-16/h4-7,15-16,20H,3,8-12H2,1-2H3,(H,19,22)(H,21,23)/t15-,16-/m0/s1. The fourth-order valence-electron chi connectivity index (χ4n) is 2.79. The second-order valence-electron chi connectivity index (χ2n) is 6.04. The van der Waals surface area contributed by atoms with E-state index in [1.807, 2.05) is 25.3 Å². The monoisotopic (exact) mass is 349 g/mol. The molecule has 132 valence electrons. The lowest BCUT2D eigenvalue weighted by atomic mass is 9.95. The molecule has 3 N–H and O–H groups in total. The van der Waals surface area contributed by atoms with E-state index >= 15 is 0 Å². The topological polar surface area (TPSA) is 70.2 Å². The molecule has 2 amide bonds. The Morgan fingerprint density at radius 3 is 2.79 bits per heavy atom. The number of hydrogen-bond acceptors (Lipinski definition) is 4. The molecule has 0 aromatic heterocycles. The minimum atomic E-state index is -0.463. The van der Waals surface area contributed by atoms with Crippen molar-refractivity contribution in [2.24, 2.45) is 0 Å². The molecule has 5 nitrogen and oxygen atoms in total. The zero-order chi connectivity index (χ0) is 17.4. The van der Waals surface area contributed by atoms with Crippen LogP contribution in [0.1, 0.15) is 30.9 Å². The van der Waals surface area contributed by atoms with Gasteiger partial charge in [-0.3, -0.25) is 9.59 Å². The minimum Gasteiger partial charge on any atom is -0.354 e. The van der Waals surface area contributed by atoms with Crippen molar-refractivity contribution < 1.29 is 9.59 Å². The van der Waals surface area contributed by atoms with Crippen molar-refractivity contribution in [2.45, 2.75) is 44.8 Å². The first-order chi connectivity index (χ1) is 11.7. The van der Waals surface area contributed by atoms with Gasteiger partial charge in [0.25, 0.3) is 0 Å². The Bertz CT molecular complexity index is 565. The number of carbonyl (C=O) groups excluding carboxylic acids is 2. The summed E-state index contributed by atoms with van der Waals surface area (Å²) in [7, 11) is 0. The van der Waals surface area contributed by atoms with Crippen LogP contribution in [0.2, 0.25) is 0 Å². The molecule has 0 unspecified atom stereocenters. The minimum absolute atomic E-state index is 0.0875. The number of fused-ring (bicyclic) bond motifs is 1.